The molecular weight excluding hydrogens is 216 g/mol. The highest BCUT2D eigenvalue weighted by Gasteiger charge is 2.31. The molecule has 1 aromatic carbocycles. The molecule has 4 nitrogen and oxygen atoms in total. The van der Waals surface area contributed by atoms with E-state index in [4.69, 9.17) is 15.3 Å². The fraction of sp³-hybridized carbons (Fsp3) is 0.538. The molecule has 3 unspecified atom stereocenters. The number of hydrazine groups is 1. The zero-order valence-electron chi connectivity index (χ0n) is 10.3. The molecule has 4 heteroatoms. The Hall–Kier alpha value is -1.10. The smallest absolute Gasteiger partial charge is 0.123 e. The number of hydrogen-bond donors (Lipinski definition) is 2. The van der Waals surface area contributed by atoms with Crippen LogP contribution in [0.3, 0.4) is 0 Å². The van der Waals surface area contributed by atoms with E-state index in [1.807, 2.05) is 24.3 Å². The highest BCUT2D eigenvalue weighted by molar-refractivity contribution is 5.36. The summed E-state index contributed by atoms with van der Waals surface area (Å²) in [5, 5.41) is 0. The Labute approximate surface area is 102 Å². The summed E-state index contributed by atoms with van der Waals surface area (Å²) in [5.41, 5.74) is 3.90. The van der Waals surface area contributed by atoms with E-state index in [-0.39, 0.29) is 12.1 Å². The second-order valence-corrected chi connectivity index (χ2v) is 4.45. The lowest BCUT2D eigenvalue weighted by atomic mass is 9.99. The highest BCUT2D eigenvalue weighted by atomic mass is 16.5. The first-order valence-electron chi connectivity index (χ1n) is 6.00. The molecule has 1 fully saturated rings. The van der Waals surface area contributed by atoms with Crippen LogP contribution in [0.5, 0.6) is 5.75 Å². The van der Waals surface area contributed by atoms with Gasteiger partial charge in [0.2, 0.25) is 0 Å². The van der Waals surface area contributed by atoms with Crippen molar-refractivity contribution in [2.24, 2.45) is 5.84 Å². The van der Waals surface area contributed by atoms with Crippen LogP contribution in [-0.2, 0) is 4.74 Å². The highest BCUT2D eigenvalue weighted by Crippen LogP contribution is 2.33. The molecule has 1 aliphatic rings. The fourth-order valence-corrected chi connectivity index (χ4v) is 2.40. The molecule has 3 atom stereocenters. The number of nitrogens with two attached hydrogens (primary N) is 1. The molecule has 17 heavy (non-hydrogen) atoms. The first kappa shape index (κ1) is 12.4. The van der Waals surface area contributed by atoms with Crippen LogP contribution in [0.1, 0.15) is 31.4 Å². The number of ether oxygens (including phenoxy) is 2. The van der Waals surface area contributed by atoms with E-state index < -0.39 is 0 Å². The normalized spacial score (nSPS) is 25.8. The first-order valence-corrected chi connectivity index (χ1v) is 6.00. The standard InChI is InChI=1S/C13H20N2O2/c1-9-7-8-12(17-9)13(15-14)10-5-3-4-6-11(10)16-2/h3-6,9,12-13,15H,7-8,14H2,1-2H3. The number of para-hydroxylation sites is 1. The Balaban J connectivity index is 2.22. The molecular formula is C13H20N2O2. The Kier molecular flexibility index (Phi) is 3.99. The van der Waals surface area contributed by atoms with E-state index in [1.54, 1.807) is 7.11 Å². The molecule has 0 aromatic heterocycles. The van der Waals surface area contributed by atoms with Crippen molar-refractivity contribution < 1.29 is 9.47 Å². The molecule has 1 aromatic rings. The van der Waals surface area contributed by atoms with Gasteiger partial charge >= 0.3 is 0 Å². The molecule has 0 radical (unpaired) electrons. The summed E-state index contributed by atoms with van der Waals surface area (Å²) < 4.78 is 11.2. The number of nitrogens with one attached hydrogen (secondary N) is 1. The molecule has 0 amide bonds. The van der Waals surface area contributed by atoms with Gasteiger partial charge in [-0.1, -0.05) is 18.2 Å². The van der Waals surface area contributed by atoms with Crippen molar-refractivity contribution in [2.45, 2.75) is 38.0 Å². The summed E-state index contributed by atoms with van der Waals surface area (Å²) in [4.78, 5) is 0. The van der Waals surface area contributed by atoms with Gasteiger partial charge in [0.05, 0.1) is 25.4 Å². The average Bonchev–Trinajstić information content (AvgIpc) is 2.77. The van der Waals surface area contributed by atoms with Gasteiger partial charge < -0.3 is 9.47 Å². The molecule has 2 rings (SSSR count). The zero-order valence-corrected chi connectivity index (χ0v) is 10.3. The quantitative estimate of drug-likeness (QED) is 0.618. The fourth-order valence-electron chi connectivity index (χ4n) is 2.40. The van der Waals surface area contributed by atoms with Gasteiger partial charge in [0.15, 0.2) is 0 Å². The maximum atomic E-state index is 5.87. The molecule has 1 saturated heterocycles. The van der Waals surface area contributed by atoms with Crippen molar-refractivity contribution in [3.63, 3.8) is 0 Å². The lowest BCUT2D eigenvalue weighted by molar-refractivity contribution is 0.0311. The van der Waals surface area contributed by atoms with Crippen molar-refractivity contribution in [1.29, 1.82) is 0 Å². The minimum absolute atomic E-state index is 0.0175. The van der Waals surface area contributed by atoms with Crippen molar-refractivity contribution in [3.05, 3.63) is 29.8 Å². The second kappa shape index (κ2) is 5.49. The summed E-state index contributed by atoms with van der Waals surface area (Å²) in [5.74, 6) is 6.51. The summed E-state index contributed by atoms with van der Waals surface area (Å²) in [7, 11) is 1.67. The monoisotopic (exact) mass is 236 g/mol. The Morgan fingerprint density at radius 3 is 2.76 bits per heavy atom. The van der Waals surface area contributed by atoms with E-state index in [0.29, 0.717) is 6.10 Å². The van der Waals surface area contributed by atoms with Gasteiger partial charge in [-0.3, -0.25) is 11.3 Å². The number of hydrogen-bond acceptors (Lipinski definition) is 4. The van der Waals surface area contributed by atoms with Crippen LogP contribution in [0.15, 0.2) is 24.3 Å². The predicted molar refractivity (Wildman–Crippen MR) is 66.6 cm³/mol. The predicted octanol–water partition coefficient (Wildman–Crippen LogP) is 1.77. The molecule has 0 bridgehead atoms. The van der Waals surface area contributed by atoms with Gasteiger partial charge in [-0.15, -0.1) is 0 Å². The van der Waals surface area contributed by atoms with E-state index in [2.05, 4.69) is 12.3 Å². The molecule has 0 aliphatic carbocycles. The van der Waals surface area contributed by atoms with Crippen LogP contribution in [0.2, 0.25) is 0 Å². The van der Waals surface area contributed by atoms with Crippen molar-refractivity contribution in [3.8, 4) is 5.75 Å². The van der Waals surface area contributed by atoms with Crippen LogP contribution in [-0.4, -0.2) is 19.3 Å². The lowest BCUT2D eigenvalue weighted by Gasteiger charge is -2.24. The van der Waals surface area contributed by atoms with Gasteiger partial charge in [-0.25, -0.2) is 0 Å². The van der Waals surface area contributed by atoms with Gasteiger partial charge in [0, 0.05) is 5.56 Å². The van der Waals surface area contributed by atoms with E-state index in [1.165, 1.54) is 0 Å². The van der Waals surface area contributed by atoms with Crippen LogP contribution in [0.25, 0.3) is 0 Å². The molecule has 1 aliphatic heterocycles. The zero-order chi connectivity index (χ0) is 12.3. The van der Waals surface area contributed by atoms with Crippen LogP contribution < -0.4 is 16.0 Å². The average molecular weight is 236 g/mol. The summed E-state index contributed by atoms with van der Waals surface area (Å²) in [6, 6.07) is 7.89. The Morgan fingerprint density at radius 2 is 2.18 bits per heavy atom. The minimum atomic E-state index is -0.0175. The Morgan fingerprint density at radius 1 is 1.41 bits per heavy atom. The number of methoxy groups -OCH3 is 1. The molecule has 94 valence electrons. The largest absolute Gasteiger partial charge is 0.496 e. The topological polar surface area (TPSA) is 56.5 Å². The van der Waals surface area contributed by atoms with E-state index >= 15 is 0 Å². The molecule has 3 N–H and O–H groups in total. The SMILES string of the molecule is COc1ccccc1C(NN)C1CCC(C)O1. The summed E-state index contributed by atoms with van der Waals surface area (Å²) >= 11 is 0. The second-order valence-electron chi connectivity index (χ2n) is 4.45. The van der Waals surface area contributed by atoms with Crippen molar-refractivity contribution in [2.75, 3.05) is 7.11 Å². The minimum Gasteiger partial charge on any atom is -0.496 e. The third-order valence-corrected chi connectivity index (χ3v) is 3.29. The third kappa shape index (κ3) is 2.60. The van der Waals surface area contributed by atoms with Crippen LogP contribution in [0, 0.1) is 0 Å². The van der Waals surface area contributed by atoms with E-state index in [9.17, 15) is 0 Å². The van der Waals surface area contributed by atoms with Gasteiger partial charge in [-0.05, 0) is 25.8 Å². The van der Waals surface area contributed by atoms with Gasteiger partial charge in [-0.2, -0.15) is 0 Å². The van der Waals surface area contributed by atoms with Crippen molar-refractivity contribution in [1.82, 2.24) is 5.43 Å². The maximum absolute atomic E-state index is 5.87. The number of benzene rings is 1. The van der Waals surface area contributed by atoms with Gasteiger partial charge in [0.25, 0.3) is 0 Å². The van der Waals surface area contributed by atoms with E-state index in [0.717, 1.165) is 24.2 Å². The summed E-state index contributed by atoms with van der Waals surface area (Å²) in [6.07, 6.45) is 2.53. The number of rotatable bonds is 4. The lowest BCUT2D eigenvalue weighted by Crippen LogP contribution is -2.36. The Bertz CT molecular complexity index is 370. The maximum Gasteiger partial charge on any atom is 0.123 e. The third-order valence-electron chi connectivity index (χ3n) is 3.29. The molecule has 1 heterocycles. The van der Waals surface area contributed by atoms with Crippen molar-refractivity contribution >= 4 is 0 Å². The van der Waals surface area contributed by atoms with Crippen LogP contribution in [0.4, 0.5) is 0 Å². The summed E-state index contributed by atoms with van der Waals surface area (Å²) in [6.45, 7) is 2.09. The molecule has 0 spiro atoms. The van der Waals surface area contributed by atoms with Gasteiger partial charge in [0.1, 0.15) is 5.75 Å². The van der Waals surface area contributed by atoms with Crippen LogP contribution >= 0.6 is 0 Å². The molecule has 0 saturated carbocycles. The first-order chi connectivity index (χ1) is 8.26.